The predicted molar refractivity (Wildman–Crippen MR) is 82.4 cm³/mol. The molecule has 0 saturated heterocycles. The van der Waals surface area contributed by atoms with E-state index in [4.69, 9.17) is 15.2 Å². The number of hydrogen-bond donors (Lipinski definition) is 1. The second-order valence-corrected chi connectivity index (χ2v) is 4.96. The van der Waals surface area contributed by atoms with Crippen LogP contribution in [0.4, 0.5) is 5.69 Å². The summed E-state index contributed by atoms with van der Waals surface area (Å²) in [5, 5.41) is 0. The Balaban J connectivity index is 2.13. The highest BCUT2D eigenvalue weighted by Gasteiger charge is 2.13. The van der Waals surface area contributed by atoms with Crippen molar-refractivity contribution in [3.63, 3.8) is 0 Å². The molecular weight excluding hydrogens is 266 g/mol. The molecule has 2 aromatic rings. The molecule has 0 saturated carbocycles. The number of nitrogen functional groups attached to an aromatic ring is 1. The van der Waals surface area contributed by atoms with E-state index in [0.29, 0.717) is 17.0 Å². The van der Waals surface area contributed by atoms with Crippen LogP contribution in [0.1, 0.15) is 27.0 Å². The van der Waals surface area contributed by atoms with E-state index in [1.807, 2.05) is 32.0 Å². The summed E-state index contributed by atoms with van der Waals surface area (Å²) in [4.78, 5) is 12.1. The second kappa shape index (κ2) is 6.31. The van der Waals surface area contributed by atoms with Crippen LogP contribution in [0.15, 0.2) is 36.4 Å². The molecule has 0 aromatic heterocycles. The minimum absolute atomic E-state index is 0.225. The van der Waals surface area contributed by atoms with Crippen molar-refractivity contribution in [1.82, 2.24) is 0 Å². The molecule has 0 amide bonds. The summed E-state index contributed by atoms with van der Waals surface area (Å²) in [6.07, 6.45) is 0. The molecule has 0 bridgehead atoms. The van der Waals surface area contributed by atoms with Crippen molar-refractivity contribution in [2.75, 3.05) is 12.8 Å². The SMILES string of the molecule is COc1ccc(N)c(C(=O)OCc2cc(C)ccc2C)c1. The highest BCUT2D eigenvalue weighted by atomic mass is 16.5. The first-order valence-corrected chi connectivity index (χ1v) is 6.68. The predicted octanol–water partition coefficient (Wildman–Crippen LogP) is 3.25. The summed E-state index contributed by atoms with van der Waals surface area (Å²) in [5.74, 6) is 0.121. The summed E-state index contributed by atoms with van der Waals surface area (Å²) < 4.78 is 10.5. The number of carbonyl (C=O) groups excluding carboxylic acids is 1. The number of benzene rings is 2. The van der Waals surface area contributed by atoms with Gasteiger partial charge in [0.05, 0.1) is 12.7 Å². The Morgan fingerprint density at radius 2 is 1.90 bits per heavy atom. The van der Waals surface area contributed by atoms with Crippen molar-refractivity contribution < 1.29 is 14.3 Å². The molecule has 0 fully saturated rings. The summed E-state index contributed by atoms with van der Waals surface area (Å²) in [5.41, 5.74) is 9.72. The van der Waals surface area contributed by atoms with Crippen LogP contribution in [0.2, 0.25) is 0 Å². The average molecular weight is 285 g/mol. The van der Waals surface area contributed by atoms with Crippen molar-refractivity contribution >= 4 is 11.7 Å². The lowest BCUT2D eigenvalue weighted by Crippen LogP contribution is -2.09. The van der Waals surface area contributed by atoms with E-state index in [2.05, 4.69) is 0 Å². The highest BCUT2D eigenvalue weighted by Crippen LogP contribution is 2.21. The highest BCUT2D eigenvalue weighted by molar-refractivity contribution is 5.95. The molecule has 21 heavy (non-hydrogen) atoms. The first-order chi connectivity index (χ1) is 10.0. The van der Waals surface area contributed by atoms with E-state index in [0.717, 1.165) is 16.7 Å². The van der Waals surface area contributed by atoms with E-state index in [1.54, 1.807) is 18.2 Å². The fourth-order valence-corrected chi connectivity index (χ4v) is 2.02. The number of hydrogen-bond acceptors (Lipinski definition) is 4. The zero-order valence-electron chi connectivity index (χ0n) is 12.5. The number of carbonyl (C=O) groups is 1. The van der Waals surface area contributed by atoms with Gasteiger partial charge in [-0.3, -0.25) is 0 Å². The van der Waals surface area contributed by atoms with E-state index in [1.165, 1.54) is 7.11 Å². The molecule has 0 unspecified atom stereocenters. The van der Waals surface area contributed by atoms with Crippen molar-refractivity contribution in [2.24, 2.45) is 0 Å². The van der Waals surface area contributed by atoms with Crippen LogP contribution in [-0.2, 0) is 11.3 Å². The van der Waals surface area contributed by atoms with Crippen molar-refractivity contribution in [3.8, 4) is 5.75 Å². The molecule has 0 radical (unpaired) electrons. The van der Waals surface area contributed by atoms with Crippen molar-refractivity contribution in [1.29, 1.82) is 0 Å². The monoisotopic (exact) mass is 285 g/mol. The summed E-state index contributed by atoms with van der Waals surface area (Å²) in [7, 11) is 1.54. The smallest absolute Gasteiger partial charge is 0.340 e. The van der Waals surface area contributed by atoms with Crippen LogP contribution in [0.3, 0.4) is 0 Å². The van der Waals surface area contributed by atoms with Gasteiger partial charge >= 0.3 is 5.97 Å². The number of ether oxygens (including phenoxy) is 2. The van der Waals surface area contributed by atoms with Gasteiger partial charge < -0.3 is 15.2 Å². The van der Waals surface area contributed by atoms with Crippen LogP contribution in [-0.4, -0.2) is 13.1 Å². The number of nitrogens with two attached hydrogens (primary N) is 1. The number of aryl methyl sites for hydroxylation is 2. The number of anilines is 1. The quantitative estimate of drug-likeness (QED) is 0.692. The number of esters is 1. The van der Waals surface area contributed by atoms with E-state index in [9.17, 15) is 4.79 Å². The third kappa shape index (κ3) is 3.54. The van der Waals surface area contributed by atoms with Crippen molar-refractivity contribution in [3.05, 3.63) is 58.7 Å². The van der Waals surface area contributed by atoms with Crippen LogP contribution >= 0.6 is 0 Å². The van der Waals surface area contributed by atoms with Gasteiger partial charge in [0.25, 0.3) is 0 Å². The fraction of sp³-hybridized carbons (Fsp3) is 0.235. The lowest BCUT2D eigenvalue weighted by Gasteiger charge is -2.10. The molecule has 4 heteroatoms. The second-order valence-electron chi connectivity index (χ2n) is 4.96. The van der Waals surface area contributed by atoms with Crippen LogP contribution in [0.5, 0.6) is 5.75 Å². The van der Waals surface area contributed by atoms with Gasteiger partial charge in [0.2, 0.25) is 0 Å². The summed E-state index contributed by atoms with van der Waals surface area (Å²) >= 11 is 0. The topological polar surface area (TPSA) is 61.5 Å². The molecule has 2 N–H and O–H groups in total. The molecule has 2 rings (SSSR count). The average Bonchev–Trinajstić information content (AvgIpc) is 2.48. The standard InChI is InChI=1S/C17H19NO3/c1-11-4-5-12(2)13(8-11)10-21-17(19)15-9-14(20-3)6-7-16(15)18/h4-9H,10,18H2,1-3H3. The maximum absolute atomic E-state index is 12.1. The molecule has 0 spiro atoms. The zero-order valence-corrected chi connectivity index (χ0v) is 12.5. The molecule has 110 valence electrons. The van der Waals surface area contributed by atoms with Gasteiger partial charge in [-0.25, -0.2) is 4.79 Å². The minimum Gasteiger partial charge on any atom is -0.497 e. The summed E-state index contributed by atoms with van der Waals surface area (Å²) in [6.45, 7) is 4.22. The van der Waals surface area contributed by atoms with Crippen LogP contribution in [0, 0.1) is 13.8 Å². The largest absolute Gasteiger partial charge is 0.497 e. The van der Waals surface area contributed by atoms with Crippen LogP contribution < -0.4 is 10.5 Å². The Morgan fingerprint density at radius 3 is 2.62 bits per heavy atom. The molecule has 4 nitrogen and oxygen atoms in total. The van der Waals surface area contributed by atoms with Gasteiger partial charge in [0.15, 0.2) is 0 Å². The molecule has 0 aliphatic heterocycles. The Labute approximate surface area is 124 Å². The van der Waals surface area contributed by atoms with Gasteiger partial charge in [-0.05, 0) is 43.2 Å². The Bertz CT molecular complexity index is 665. The maximum atomic E-state index is 12.1. The Hall–Kier alpha value is -2.49. The summed E-state index contributed by atoms with van der Waals surface area (Å²) in [6, 6.07) is 11.0. The number of rotatable bonds is 4. The Kier molecular flexibility index (Phi) is 4.48. The lowest BCUT2D eigenvalue weighted by molar-refractivity contribution is 0.0473. The van der Waals surface area contributed by atoms with Gasteiger partial charge in [-0.15, -0.1) is 0 Å². The lowest BCUT2D eigenvalue weighted by atomic mass is 10.1. The van der Waals surface area contributed by atoms with Gasteiger partial charge in [0, 0.05) is 5.69 Å². The molecule has 0 aliphatic carbocycles. The molecule has 2 aromatic carbocycles. The third-order valence-corrected chi connectivity index (χ3v) is 3.34. The van der Waals surface area contributed by atoms with E-state index >= 15 is 0 Å². The molecular formula is C17H19NO3. The van der Waals surface area contributed by atoms with Gasteiger partial charge in [-0.2, -0.15) is 0 Å². The van der Waals surface area contributed by atoms with E-state index in [-0.39, 0.29) is 6.61 Å². The molecule has 0 atom stereocenters. The van der Waals surface area contributed by atoms with E-state index < -0.39 is 5.97 Å². The first-order valence-electron chi connectivity index (χ1n) is 6.68. The normalized spacial score (nSPS) is 10.2. The molecule has 0 heterocycles. The molecule has 0 aliphatic rings. The van der Waals surface area contributed by atoms with Crippen LogP contribution in [0.25, 0.3) is 0 Å². The van der Waals surface area contributed by atoms with Crippen molar-refractivity contribution in [2.45, 2.75) is 20.5 Å². The fourth-order valence-electron chi connectivity index (χ4n) is 2.02. The minimum atomic E-state index is -0.452. The third-order valence-electron chi connectivity index (χ3n) is 3.34. The number of methoxy groups -OCH3 is 1. The Morgan fingerprint density at radius 1 is 1.14 bits per heavy atom. The first kappa shape index (κ1) is 14.9. The zero-order chi connectivity index (χ0) is 15.4. The van der Waals surface area contributed by atoms with Gasteiger partial charge in [-0.1, -0.05) is 23.8 Å². The maximum Gasteiger partial charge on any atom is 0.340 e. The van der Waals surface area contributed by atoms with Gasteiger partial charge in [0.1, 0.15) is 12.4 Å².